The number of alkyl halides is 2. The zero-order valence-corrected chi connectivity index (χ0v) is 12.3. The van der Waals surface area contributed by atoms with Gasteiger partial charge in [0.05, 0.1) is 12.2 Å². The van der Waals surface area contributed by atoms with E-state index in [0.717, 1.165) is 6.20 Å². The van der Waals surface area contributed by atoms with Gasteiger partial charge in [0.15, 0.2) is 0 Å². The second kappa shape index (κ2) is 5.53. The standard InChI is InChI=1S/C15H18F3N3O/c1-15(13(17)18)4-2-5-20-6-3-12(21(20)14(15)22)10-7-11(16)9-19-8-10/h7-9,12-13H,2-6H2,1H3/t12?,15-/m0/s1. The Balaban J connectivity index is 1.97. The molecule has 2 saturated heterocycles. The van der Waals surface area contributed by atoms with Gasteiger partial charge in [-0.25, -0.2) is 18.2 Å². The van der Waals surface area contributed by atoms with Gasteiger partial charge in [-0.05, 0) is 37.8 Å². The number of fused-ring (bicyclic) bond motifs is 1. The second-order valence-corrected chi connectivity index (χ2v) is 6.17. The van der Waals surface area contributed by atoms with Gasteiger partial charge in [0.25, 0.3) is 6.43 Å². The van der Waals surface area contributed by atoms with E-state index in [2.05, 4.69) is 4.98 Å². The molecule has 4 nitrogen and oxygen atoms in total. The molecule has 1 aromatic heterocycles. The van der Waals surface area contributed by atoms with Crippen LogP contribution in [0, 0.1) is 11.2 Å². The average Bonchev–Trinajstić information content (AvgIpc) is 2.84. The molecule has 2 aliphatic heterocycles. The molecule has 2 aliphatic rings. The molecular formula is C15H18F3N3O. The third-order valence-corrected chi connectivity index (χ3v) is 4.66. The van der Waals surface area contributed by atoms with Crippen LogP contribution in [-0.4, -0.2) is 40.4 Å². The van der Waals surface area contributed by atoms with Crippen molar-refractivity contribution in [2.45, 2.75) is 38.7 Å². The van der Waals surface area contributed by atoms with Gasteiger partial charge >= 0.3 is 0 Å². The van der Waals surface area contributed by atoms with Crippen molar-refractivity contribution in [3.63, 3.8) is 0 Å². The minimum atomic E-state index is -2.72. The number of amides is 1. The van der Waals surface area contributed by atoms with Crippen molar-refractivity contribution in [1.29, 1.82) is 0 Å². The largest absolute Gasteiger partial charge is 0.273 e. The summed E-state index contributed by atoms with van der Waals surface area (Å²) in [6.45, 7) is 2.49. The average molecular weight is 313 g/mol. The Kier molecular flexibility index (Phi) is 3.84. The minimum absolute atomic E-state index is 0.157. The zero-order valence-electron chi connectivity index (χ0n) is 12.3. The summed E-state index contributed by atoms with van der Waals surface area (Å²) in [6.07, 6.45) is 1.16. The van der Waals surface area contributed by atoms with Crippen molar-refractivity contribution in [1.82, 2.24) is 15.0 Å². The summed E-state index contributed by atoms with van der Waals surface area (Å²) < 4.78 is 40.3. The molecule has 22 heavy (non-hydrogen) atoms. The SMILES string of the molecule is C[C@@]1(C(F)F)CCCN2CCC(c3cncc(F)c3)N2C1=O. The van der Waals surface area contributed by atoms with Crippen LogP contribution in [0.5, 0.6) is 0 Å². The Morgan fingerprint density at radius 1 is 1.36 bits per heavy atom. The number of carbonyl (C=O) groups excluding carboxylic acids is 1. The van der Waals surface area contributed by atoms with Crippen molar-refractivity contribution in [2.24, 2.45) is 5.41 Å². The Bertz CT molecular complexity index is 583. The molecule has 0 aromatic carbocycles. The normalized spacial score (nSPS) is 29.8. The predicted molar refractivity (Wildman–Crippen MR) is 73.3 cm³/mol. The van der Waals surface area contributed by atoms with Crippen molar-refractivity contribution in [3.8, 4) is 0 Å². The van der Waals surface area contributed by atoms with Gasteiger partial charge in [-0.15, -0.1) is 0 Å². The zero-order chi connectivity index (χ0) is 15.9. The van der Waals surface area contributed by atoms with Crippen LogP contribution in [0.4, 0.5) is 13.2 Å². The van der Waals surface area contributed by atoms with E-state index in [4.69, 9.17) is 0 Å². The lowest BCUT2D eigenvalue weighted by atomic mass is 9.84. The van der Waals surface area contributed by atoms with E-state index in [1.807, 2.05) is 5.01 Å². The third-order valence-electron chi connectivity index (χ3n) is 4.66. The smallest absolute Gasteiger partial charge is 0.252 e. The lowest BCUT2D eigenvalue weighted by Gasteiger charge is -2.35. The summed E-state index contributed by atoms with van der Waals surface area (Å²) in [5.74, 6) is -1.07. The highest BCUT2D eigenvalue weighted by Gasteiger charge is 2.51. The van der Waals surface area contributed by atoms with E-state index < -0.39 is 29.6 Å². The highest BCUT2D eigenvalue weighted by atomic mass is 19.3. The summed E-state index contributed by atoms with van der Waals surface area (Å²) >= 11 is 0. The first-order valence-electron chi connectivity index (χ1n) is 7.40. The third kappa shape index (κ3) is 2.37. The number of carbonyl (C=O) groups is 1. The molecule has 1 unspecified atom stereocenters. The Labute approximate surface area is 126 Å². The van der Waals surface area contributed by atoms with Crippen LogP contribution in [-0.2, 0) is 4.79 Å². The summed E-state index contributed by atoms with van der Waals surface area (Å²) in [5.41, 5.74) is -1.13. The first-order valence-corrected chi connectivity index (χ1v) is 7.40. The Hall–Kier alpha value is -1.63. The second-order valence-electron chi connectivity index (χ2n) is 6.17. The monoisotopic (exact) mass is 313 g/mol. The van der Waals surface area contributed by atoms with Crippen LogP contribution in [0.3, 0.4) is 0 Å². The number of nitrogens with zero attached hydrogens (tertiary/aromatic N) is 3. The first-order chi connectivity index (χ1) is 10.4. The van der Waals surface area contributed by atoms with E-state index in [1.54, 1.807) is 0 Å². The number of hydrogen-bond donors (Lipinski definition) is 0. The maximum atomic E-state index is 13.4. The molecule has 3 rings (SSSR count). The molecule has 3 heterocycles. The van der Waals surface area contributed by atoms with E-state index >= 15 is 0 Å². The van der Waals surface area contributed by atoms with Gasteiger partial charge in [-0.3, -0.25) is 14.8 Å². The van der Waals surface area contributed by atoms with Crippen molar-refractivity contribution >= 4 is 5.91 Å². The number of halogens is 3. The highest BCUT2D eigenvalue weighted by molar-refractivity contribution is 5.83. The molecule has 0 N–H and O–H groups in total. The van der Waals surface area contributed by atoms with Gasteiger partial charge in [0.1, 0.15) is 11.2 Å². The maximum Gasteiger partial charge on any atom is 0.252 e. The van der Waals surface area contributed by atoms with E-state index in [-0.39, 0.29) is 6.42 Å². The number of pyridine rings is 1. The lowest BCUT2D eigenvalue weighted by Crippen LogP contribution is -2.49. The summed E-state index contributed by atoms with van der Waals surface area (Å²) in [4.78, 5) is 16.6. The molecule has 1 amide bonds. The fourth-order valence-corrected chi connectivity index (χ4v) is 3.31. The minimum Gasteiger partial charge on any atom is -0.273 e. The Morgan fingerprint density at radius 3 is 2.82 bits per heavy atom. The van der Waals surface area contributed by atoms with Gasteiger partial charge in [-0.2, -0.15) is 0 Å². The molecule has 1 aromatic rings. The maximum absolute atomic E-state index is 13.4. The molecular weight excluding hydrogens is 295 g/mol. The molecule has 2 fully saturated rings. The first kappa shape index (κ1) is 15.3. The quantitative estimate of drug-likeness (QED) is 0.842. The summed E-state index contributed by atoms with van der Waals surface area (Å²) in [7, 11) is 0. The van der Waals surface area contributed by atoms with Gasteiger partial charge < -0.3 is 0 Å². The van der Waals surface area contributed by atoms with Gasteiger partial charge in [-0.1, -0.05) is 0 Å². The molecule has 7 heteroatoms. The molecule has 0 spiro atoms. The van der Waals surface area contributed by atoms with Crippen molar-refractivity contribution < 1.29 is 18.0 Å². The topological polar surface area (TPSA) is 36.4 Å². The molecule has 120 valence electrons. The van der Waals surface area contributed by atoms with Gasteiger partial charge in [0.2, 0.25) is 5.91 Å². The van der Waals surface area contributed by atoms with E-state index in [9.17, 15) is 18.0 Å². The van der Waals surface area contributed by atoms with Crippen LogP contribution in [0.2, 0.25) is 0 Å². The van der Waals surface area contributed by atoms with Crippen LogP contribution in [0.1, 0.15) is 37.8 Å². The van der Waals surface area contributed by atoms with Crippen LogP contribution < -0.4 is 0 Å². The predicted octanol–water partition coefficient (Wildman–Crippen LogP) is 2.78. The van der Waals surface area contributed by atoms with Crippen molar-refractivity contribution in [3.05, 3.63) is 29.8 Å². The van der Waals surface area contributed by atoms with Crippen LogP contribution >= 0.6 is 0 Å². The lowest BCUT2D eigenvalue weighted by molar-refractivity contribution is -0.164. The summed E-state index contributed by atoms with van der Waals surface area (Å²) in [6, 6.07) is 0.894. The molecule has 0 aliphatic carbocycles. The number of hydrazine groups is 1. The highest BCUT2D eigenvalue weighted by Crippen LogP contribution is 2.42. The molecule has 0 bridgehead atoms. The number of aromatic nitrogens is 1. The molecule has 0 saturated carbocycles. The van der Waals surface area contributed by atoms with Gasteiger partial charge in [0, 0.05) is 19.3 Å². The fraction of sp³-hybridized carbons (Fsp3) is 0.600. The van der Waals surface area contributed by atoms with Crippen LogP contribution in [0.15, 0.2) is 18.5 Å². The van der Waals surface area contributed by atoms with E-state index in [1.165, 1.54) is 24.2 Å². The van der Waals surface area contributed by atoms with E-state index in [0.29, 0.717) is 31.5 Å². The summed E-state index contributed by atoms with van der Waals surface area (Å²) in [5, 5.41) is 3.22. The Morgan fingerprint density at radius 2 is 2.14 bits per heavy atom. The fourth-order valence-electron chi connectivity index (χ4n) is 3.31. The van der Waals surface area contributed by atoms with Crippen molar-refractivity contribution in [2.75, 3.05) is 13.1 Å². The molecule has 0 radical (unpaired) electrons. The number of rotatable bonds is 2. The van der Waals surface area contributed by atoms with Crippen LogP contribution in [0.25, 0.3) is 0 Å². The number of hydrogen-bond acceptors (Lipinski definition) is 3. The molecule has 2 atom stereocenters.